The molecule has 1 aliphatic rings. The number of nitrogens with one attached hydrogen (secondary N) is 1. The van der Waals surface area contributed by atoms with Crippen molar-refractivity contribution in [2.75, 3.05) is 19.6 Å². The molecule has 1 aromatic carbocycles. The Morgan fingerprint density at radius 2 is 2.20 bits per heavy atom. The van der Waals surface area contributed by atoms with E-state index in [1.54, 1.807) is 4.90 Å². The Morgan fingerprint density at radius 1 is 1.40 bits per heavy atom. The van der Waals surface area contributed by atoms with Crippen molar-refractivity contribution < 1.29 is 18.7 Å². The Kier molecular flexibility index (Phi) is 4.89. The van der Waals surface area contributed by atoms with Gasteiger partial charge in [-0.25, -0.2) is 13.6 Å². The molecule has 6 heteroatoms. The molecule has 1 heterocycles. The van der Waals surface area contributed by atoms with E-state index in [2.05, 4.69) is 5.32 Å². The number of aliphatic hydroxyl groups excluding tert-OH is 1. The van der Waals surface area contributed by atoms with Crippen LogP contribution < -0.4 is 5.32 Å². The first-order valence-electron chi connectivity index (χ1n) is 6.71. The molecule has 1 aliphatic heterocycles. The van der Waals surface area contributed by atoms with Crippen LogP contribution in [0, 0.1) is 11.6 Å². The van der Waals surface area contributed by atoms with Crippen LogP contribution in [0.25, 0.3) is 0 Å². The van der Waals surface area contributed by atoms with Gasteiger partial charge in [0.25, 0.3) is 0 Å². The molecule has 1 fully saturated rings. The van der Waals surface area contributed by atoms with Gasteiger partial charge in [0.05, 0.1) is 6.10 Å². The fourth-order valence-electron chi connectivity index (χ4n) is 2.26. The van der Waals surface area contributed by atoms with Gasteiger partial charge >= 0.3 is 6.03 Å². The summed E-state index contributed by atoms with van der Waals surface area (Å²) in [6.07, 6.45) is 1.48. The molecule has 1 saturated heterocycles. The first-order valence-corrected chi connectivity index (χ1v) is 6.71. The lowest BCUT2D eigenvalue weighted by Gasteiger charge is -2.30. The number of hydrogen-bond acceptors (Lipinski definition) is 2. The van der Waals surface area contributed by atoms with Crippen LogP contribution in [-0.4, -0.2) is 41.8 Å². The third-order valence-electron chi connectivity index (χ3n) is 3.36. The molecule has 0 aromatic heterocycles. The van der Waals surface area contributed by atoms with Gasteiger partial charge in [0, 0.05) is 19.6 Å². The second-order valence-corrected chi connectivity index (χ2v) is 4.97. The predicted molar refractivity (Wildman–Crippen MR) is 70.3 cm³/mol. The summed E-state index contributed by atoms with van der Waals surface area (Å²) in [5.74, 6) is -1.76. The summed E-state index contributed by atoms with van der Waals surface area (Å²) in [6, 6.07) is 3.47. The average molecular weight is 284 g/mol. The maximum absolute atomic E-state index is 13.0. The number of likely N-dealkylation sites (tertiary alicyclic amines) is 1. The number of β-amino-alcohol motifs (C(OH)–C–C–N with tert-alkyl or cyclic N) is 1. The van der Waals surface area contributed by atoms with Crippen molar-refractivity contribution in [1.29, 1.82) is 0 Å². The lowest BCUT2D eigenvalue weighted by atomic mass is 10.1. The highest BCUT2D eigenvalue weighted by atomic mass is 19.2. The molecule has 1 atom stereocenters. The molecule has 2 N–H and O–H groups in total. The summed E-state index contributed by atoms with van der Waals surface area (Å²) in [7, 11) is 0. The Morgan fingerprint density at radius 3 is 2.90 bits per heavy atom. The maximum atomic E-state index is 13.0. The molecule has 2 rings (SSSR count). The largest absolute Gasteiger partial charge is 0.391 e. The fourth-order valence-corrected chi connectivity index (χ4v) is 2.26. The van der Waals surface area contributed by atoms with Crippen LogP contribution in [0.4, 0.5) is 13.6 Å². The monoisotopic (exact) mass is 284 g/mol. The molecule has 0 bridgehead atoms. The molecule has 0 aliphatic carbocycles. The van der Waals surface area contributed by atoms with E-state index in [-0.39, 0.29) is 6.03 Å². The molecule has 20 heavy (non-hydrogen) atoms. The highest BCUT2D eigenvalue weighted by Crippen LogP contribution is 2.10. The third-order valence-corrected chi connectivity index (χ3v) is 3.36. The molecule has 0 radical (unpaired) electrons. The first kappa shape index (κ1) is 14.7. The van der Waals surface area contributed by atoms with Gasteiger partial charge < -0.3 is 15.3 Å². The molecule has 0 saturated carbocycles. The zero-order valence-corrected chi connectivity index (χ0v) is 11.1. The topological polar surface area (TPSA) is 52.6 Å². The van der Waals surface area contributed by atoms with Crippen molar-refractivity contribution in [2.45, 2.75) is 25.4 Å². The van der Waals surface area contributed by atoms with Crippen molar-refractivity contribution in [2.24, 2.45) is 0 Å². The van der Waals surface area contributed by atoms with Crippen LogP contribution in [0.2, 0.25) is 0 Å². The molecule has 0 spiro atoms. The lowest BCUT2D eigenvalue weighted by Crippen LogP contribution is -2.47. The summed E-state index contributed by atoms with van der Waals surface area (Å²) in [5.41, 5.74) is 0.628. The summed E-state index contributed by atoms with van der Waals surface area (Å²) in [6.45, 7) is 1.32. The normalized spacial score (nSPS) is 18.9. The van der Waals surface area contributed by atoms with Gasteiger partial charge in [-0.15, -0.1) is 0 Å². The highest BCUT2D eigenvalue weighted by Gasteiger charge is 2.21. The molecule has 2 amide bonds. The number of aliphatic hydroxyl groups is 1. The second-order valence-electron chi connectivity index (χ2n) is 4.97. The van der Waals surface area contributed by atoms with Crippen molar-refractivity contribution in [3.8, 4) is 0 Å². The number of carbonyl (C=O) groups excluding carboxylic acids is 1. The van der Waals surface area contributed by atoms with E-state index in [9.17, 15) is 18.7 Å². The summed E-state index contributed by atoms with van der Waals surface area (Å²) in [4.78, 5) is 13.4. The van der Waals surface area contributed by atoms with Gasteiger partial charge in [0.15, 0.2) is 11.6 Å². The Bertz CT molecular complexity index is 482. The van der Waals surface area contributed by atoms with Crippen LogP contribution in [0.3, 0.4) is 0 Å². The van der Waals surface area contributed by atoms with Gasteiger partial charge in [0.1, 0.15) is 0 Å². The van der Waals surface area contributed by atoms with E-state index >= 15 is 0 Å². The summed E-state index contributed by atoms with van der Waals surface area (Å²) < 4.78 is 25.8. The molecule has 110 valence electrons. The van der Waals surface area contributed by atoms with Crippen LogP contribution in [-0.2, 0) is 6.42 Å². The average Bonchev–Trinajstić information content (AvgIpc) is 2.42. The van der Waals surface area contributed by atoms with Gasteiger partial charge in [-0.2, -0.15) is 0 Å². The Balaban J connectivity index is 1.77. The number of rotatable bonds is 3. The number of carbonyl (C=O) groups is 1. The molecule has 1 aromatic rings. The zero-order chi connectivity index (χ0) is 14.5. The SMILES string of the molecule is O=C(NCCc1ccc(F)c(F)c1)N1CCC[C@H](O)C1. The van der Waals surface area contributed by atoms with Crippen LogP contribution >= 0.6 is 0 Å². The van der Waals surface area contributed by atoms with Gasteiger partial charge in [-0.1, -0.05) is 6.07 Å². The predicted octanol–water partition coefficient (Wildman–Crippen LogP) is 1.67. The minimum Gasteiger partial charge on any atom is -0.391 e. The maximum Gasteiger partial charge on any atom is 0.317 e. The van der Waals surface area contributed by atoms with Gasteiger partial charge in [-0.05, 0) is 37.0 Å². The quantitative estimate of drug-likeness (QED) is 0.887. The van der Waals surface area contributed by atoms with E-state index in [4.69, 9.17) is 0 Å². The number of hydrogen-bond donors (Lipinski definition) is 2. The molecule has 0 unspecified atom stereocenters. The van der Waals surface area contributed by atoms with E-state index in [1.807, 2.05) is 0 Å². The Hall–Kier alpha value is -1.69. The van der Waals surface area contributed by atoms with Crippen molar-refractivity contribution in [1.82, 2.24) is 10.2 Å². The highest BCUT2D eigenvalue weighted by molar-refractivity contribution is 5.74. The van der Waals surface area contributed by atoms with Crippen LogP contribution in [0.15, 0.2) is 18.2 Å². The fraction of sp³-hybridized carbons (Fsp3) is 0.500. The van der Waals surface area contributed by atoms with Crippen molar-refractivity contribution >= 4 is 6.03 Å². The van der Waals surface area contributed by atoms with Gasteiger partial charge in [0.2, 0.25) is 0 Å². The van der Waals surface area contributed by atoms with Gasteiger partial charge in [-0.3, -0.25) is 0 Å². The van der Waals surface area contributed by atoms with E-state index in [0.717, 1.165) is 25.0 Å². The minimum absolute atomic E-state index is 0.230. The van der Waals surface area contributed by atoms with Crippen LogP contribution in [0.5, 0.6) is 0 Å². The number of amides is 2. The third kappa shape index (κ3) is 3.90. The number of benzene rings is 1. The standard InChI is InChI=1S/C14H18F2N2O2/c15-12-4-3-10(8-13(12)16)5-6-17-14(20)18-7-1-2-11(19)9-18/h3-4,8,11,19H,1-2,5-7,9H2,(H,17,20)/t11-/m0/s1. The van der Waals surface area contributed by atoms with Crippen molar-refractivity contribution in [3.63, 3.8) is 0 Å². The summed E-state index contributed by atoms with van der Waals surface area (Å²) in [5, 5.41) is 12.2. The number of piperidine rings is 1. The smallest absolute Gasteiger partial charge is 0.317 e. The molecular formula is C14H18F2N2O2. The van der Waals surface area contributed by atoms with E-state index in [1.165, 1.54) is 6.07 Å². The molecule has 4 nitrogen and oxygen atoms in total. The summed E-state index contributed by atoms with van der Waals surface area (Å²) >= 11 is 0. The number of halogens is 2. The first-order chi connectivity index (χ1) is 9.56. The van der Waals surface area contributed by atoms with Crippen molar-refractivity contribution in [3.05, 3.63) is 35.4 Å². The lowest BCUT2D eigenvalue weighted by molar-refractivity contribution is 0.0843. The minimum atomic E-state index is -0.882. The van der Waals surface area contributed by atoms with Crippen LogP contribution in [0.1, 0.15) is 18.4 Å². The zero-order valence-electron chi connectivity index (χ0n) is 11.1. The van der Waals surface area contributed by atoms with E-state index < -0.39 is 17.7 Å². The Labute approximate surface area is 116 Å². The number of nitrogens with zero attached hydrogens (tertiary/aromatic N) is 1. The van der Waals surface area contributed by atoms with E-state index in [0.29, 0.717) is 31.6 Å². The molecular weight excluding hydrogens is 266 g/mol. The number of urea groups is 1. The second kappa shape index (κ2) is 6.65.